The van der Waals surface area contributed by atoms with Gasteiger partial charge in [-0.2, -0.15) is 0 Å². The Balaban J connectivity index is 2.14. The lowest BCUT2D eigenvalue weighted by molar-refractivity contribution is 0.675. The molecule has 1 rings (SSSR count). The number of hydrogen-bond donors (Lipinski definition) is 1. The summed E-state index contributed by atoms with van der Waals surface area (Å²) in [6.45, 7) is 0. The lowest BCUT2D eigenvalue weighted by atomic mass is 10.3. The molecule has 1 nitrogen and oxygen atoms in total. The van der Waals surface area contributed by atoms with E-state index in [0.29, 0.717) is 0 Å². The molecule has 7 heavy (non-hydrogen) atoms. The smallest absolute Gasteiger partial charge is 0.0172 e. The largest absolute Gasteiger partial charge is 0.258 e. The number of hydrogen-bond acceptors (Lipinski definition) is 1. The molecule has 1 fully saturated rings. The first-order chi connectivity index (χ1) is 3.43. The van der Waals surface area contributed by atoms with Crippen LogP contribution >= 0.6 is 22.9 Å². The molecule has 0 radical (unpaired) electrons. The molecule has 0 aliphatic heterocycles. The summed E-state index contributed by atoms with van der Waals surface area (Å²) in [5.41, 5.74) is 0. The minimum absolute atomic E-state index is 0.834. The van der Waals surface area contributed by atoms with Crippen molar-refractivity contribution < 1.29 is 0 Å². The quantitative estimate of drug-likeness (QED) is 0.515. The van der Waals surface area contributed by atoms with Crippen molar-refractivity contribution in [3.63, 3.8) is 0 Å². The predicted molar refractivity (Wildman–Crippen MR) is 39.4 cm³/mol. The van der Waals surface area contributed by atoms with Crippen LogP contribution in [0.5, 0.6) is 0 Å². The van der Waals surface area contributed by atoms with Crippen LogP contribution in [0, 0.1) is 0 Å². The van der Waals surface area contributed by atoms with E-state index in [-0.39, 0.29) is 0 Å². The summed E-state index contributed by atoms with van der Waals surface area (Å²) in [5.74, 6) is 0. The van der Waals surface area contributed by atoms with Gasteiger partial charge in [-0.1, -0.05) is 12.8 Å². The van der Waals surface area contributed by atoms with Crippen LogP contribution < -0.4 is 3.53 Å². The third-order valence-corrected chi connectivity index (χ3v) is 2.39. The fourth-order valence-corrected chi connectivity index (χ4v) is 1.66. The van der Waals surface area contributed by atoms with Gasteiger partial charge in [0.05, 0.1) is 0 Å². The highest BCUT2D eigenvalue weighted by Gasteiger charge is 2.11. The van der Waals surface area contributed by atoms with Crippen LogP contribution in [0.3, 0.4) is 0 Å². The Kier molecular flexibility index (Phi) is 2.38. The third kappa shape index (κ3) is 1.57. The Labute approximate surface area is 58.4 Å². The molecule has 2 heteroatoms. The zero-order valence-electron chi connectivity index (χ0n) is 4.28. The molecule has 0 bridgehead atoms. The molecule has 0 saturated heterocycles. The van der Waals surface area contributed by atoms with Gasteiger partial charge in [-0.3, -0.25) is 3.53 Å². The van der Waals surface area contributed by atoms with E-state index < -0.39 is 0 Å². The second-order valence-corrected chi connectivity index (χ2v) is 2.71. The molecule has 0 aromatic carbocycles. The Hall–Kier alpha value is 0.690. The Morgan fingerprint density at radius 1 is 1.29 bits per heavy atom. The van der Waals surface area contributed by atoms with Crippen molar-refractivity contribution in [2.75, 3.05) is 0 Å². The first-order valence-corrected chi connectivity index (χ1v) is 3.87. The summed E-state index contributed by atoms with van der Waals surface area (Å²) in [7, 11) is 0. The summed E-state index contributed by atoms with van der Waals surface area (Å²) in [5, 5.41) is 0. The maximum atomic E-state index is 3.23. The fraction of sp³-hybridized carbons (Fsp3) is 1.00. The Morgan fingerprint density at radius 3 is 2.14 bits per heavy atom. The van der Waals surface area contributed by atoms with E-state index in [1.54, 1.807) is 0 Å². The molecule has 1 aliphatic rings. The highest BCUT2D eigenvalue weighted by Crippen LogP contribution is 2.17. The molecular weight excluding hydrogens is 201 g/mol. The average molecular weight is 211 g/mol. The van der Waals surface area contributed by atoms with Gasteiger partial charge in [-0.05, 0) is 12.8 Å². The SMILES string of the molecule is INC1CCCC1. The first-order valence-electron chi connectivity index (χ1n) is 2.79. The van der Waals surface area contributed by atoms with Crippen LogP contribution in [-0.2, 0) is 0 Å². The summed E-state index contributed by atoms with van der Waals surface area (Å²) in [6, 6.07) is 0.834. The lowest BCUT2D eigenvalue weighted by Crippen LogP contribution is -2.13. The molecular formula is C5H10IN. The van der Waals surface area contributed by atoms with Gasteiger partial charge in [0.2, 0.25) is 0 Å². The summed E-state index contributed by atoms with van der Waals surface area (Å²) >= 11 is 2.24. The van der Waals surface area contributed by atoms with Gasteiger partial charge in [-0.15, -0.1) is 0 Å². The molecule has 42 valence electrons. The molecule has 0 heterocycles. The first kappa shape index (κ1) is 5.82. The van der Waals surface area contributed by atoms with E-state index in [2.05, 4.69) is 26.4 Å². The fourth-order valence-electron chi connectivity index (χ4n) is 1.03. The minimum Gasteiger partial charge on any atom is -0.258 e. The van der Waals surface area contributed by atoms with Crippen molar-refractivity contribution in [3.05, 3.63) is 0 Å². The standard InChI is InChI=1S/C5H10IN/c6-7-5-3-1-2-4-5/h5,7H,1-4H2. The molecule has 0 amide bonds. The van der Waals surface area contributed by atoms with Crippen molar-refractivity contribution in [2.45, 2.75) is 31.7 Å². The summed E-state index contributed by atoms with van der Waals surface area (Å²) in [6.07, 6.45) is 5.65. The van der Waals surface area contributed by atoms with E-state index in [0.717, 1.165) is 6.04 Å². The van der Waals surface area contributed by atoms with Gasteiger partial charge < -0.3 is 0 Å². The Morgan fingerprint density at radius 2 is 1.86 bits per heavy atom. The zero-order valence-corrected chi connectivity index (χ0v) is 6.44. The molecule has 1 aliphatic carbocycles. The monoisotopic (exact) mass is 211 g/mol. The molecule has 0 spiro atoms. The molecule has 0 unspecified atom stereocenters. The molecule has 0 aromatic rings. The second kappa shape index (κ2) is 2.87. The average Bonchev–Trinajstić information content (AvgIpc) is 2.14. The van der Waals surface area contributed by atoms with Crippen LogP contribution in [0.4, 0.5) is 0 Å². The van der Waals surface area contributed by atoms with Crippen molar-refractivity contribution in [1.29, 1.82) is 0 Å². The minimum atomic E-state index is 0.834. The van der Waals surface area contributed by atoms with Gasteiger partial charge in [-0.25, -0.2) is 0 Å². The van der Waals surface area contributed by atoms with Crippen LogP contribution in [0.2, 0.25) is 0 Å². The van der Waals surface area contributed by atoms with Crippen LogP contribution in [0.25, 0.3) is 0 Å². The third-order valence-electron chi connectivity index (χ3n) is 1.51. The van der Waals surface area contributed by atoms with E-state index >= 15 is 0 Å². The highest BCUT2D eigenvalue weighted by molar-refractivity contribution is 14.1. The van der Waals surface area contributed by atoms with Crippen LogP contribution in [-0.4, -0.2) is 6.04 Å². The Bertz CT molecular complexity index is 50.0. The molecule has 1 saturated carbocycles. The maximum Gasteiger partial charge on any atom is 0.0172 e. The van der Waals surface area contributed by atoms with Crippen molar-refractivity contribution >= 4 is 22.9 Å². The molecule has 0 aromatic heterocycles. The van der Waals surface area contributed by atoms with Gasteiger partial charge in [0.15, 0.2) is 0 Å². The maximum absolute atomic E-state index is 3.23. The lowest BCUT2D eigenvalue weighted by Gasteiger charge is -2.01. The van der Waals surface area contributed by atoms with Crippen molar-refractivity contribution in [1.82, 2.24) is 3.53 Å². The number of nitrogens with one attached hydrogen (secondary N) is 1. The number of rotatable bonds is 1. The van der Waals surface area contributed by atoms with Crippen LogP contribution in [0.15, 0.2) is 0 Å². The topological polar surface area (TPSA) is 12.0 Å². The summed E-state index contributed by atoms with van der Waals surface area (Å²) < 4.78 is 3.23. The van der Waals surface area contributed by atoms with Crippen LogP contribution in [0.1, 0.15) is 25.7 Å². The van der Waals surface area contributed by atoms with E-state index in [1.165, 1.54) is 25.7 Å². The molecule has 1 N–H and O–H groups in total. The van der Waals surface area contributed by atoms with E-state index in [9.17, 15) is 0 Å². The van der Waals surface area contributed by atoms with E-state index in [1.807, 2.05) is 0 Å². The zero-order chi connectivity index (χ0) is 5.11. The van der Waals surface area contributed by atoms with Gasteiger partial charge in [0, 0.05) is 28.9 Å². The molecule has 0 atom stereocenters. The normalized spacial score (nSPS) is 23.6. The van der Waals surface area contributed by atoms with Gasteiger partial charge in [0.1, 0.15) is 0 Å². The van der Waals surface area contributed by atoms with Gasteiger partial charge >= 0.3 is 0 Å². The van der Waals surface area contributed by atoms with Crippen molar-refractivity contribution in [3.8, 4) is 0 Å². The van der Waals surface area contributed by atoms with E-state index in [4.69, 9.17) is 0 Å². The van der Waals surface area contributed by atoms with Crippen molar-refractivity contribution in [2.24, 2.45) is 0 Å². The van der Waals surface area contributed by atoms with Gasteiger partial charge in [0.25, 0.3) is 0 Å². The highest BCUT2D eigenvalue weighted by atomic mass is 127. The second-order valence-electron chi connectivity index (χ2n) is 2.09. The summed E-state index contributed by atoms with van der Waals surface area (Å²) in [4.78, 5) is 0. The number of halogens is 1. The predicted octanol–water partition coefficient (Wildman–Crippen LogP) is 1.87.